The second-order valence-corrected chi connectivity index (χ2v) is 2.22. The molecule has 0 aliphatic heterocycles. The van der Waals surface area contributed by atoms with E-state index in [0.717, 1.165) is 0 Å². The van der Waals surface area contributed by atoms with Crippen LogP contribution in [0.5, 0.6) is 0 Å². The van der Waals surface area contributed by atoms with Crippen LogP contribution in [0.15, 0.2) is 0 Å². The lowest BCUT2D eigenvalue weighted by Crippen LogP contribution is -1.75. The Balaban J connectivity index is 2.53. The molecule has 0 heterocycles. The first kappa shape index (κ1) is 8.00. The Morgan fingerprint density at radius 1 is 1.00 bits per heavy atom. The molecule has 0 saturated carbocycles. The van der Waals surface area contributed by atoms with Crippen LogP contribution in [-0.4, -0.2) is 0 Å². The van der Waals surface area contributed by atoms with Gasteiger partial charge in [0.1, 0.15) is 0 Å². The summed E-state index contributed by atoms with van der Waals surface area (Å²) in [6.45, 7) is 4.46. The van der Waals surface area contributed by atoms with E-state index in [9.17, 15) is 0 Å². The van der Waals surface area contributed by atoms with Crippen molar-refractivity contribution in [1.82, 2.24) is 0 Å². The summed E-state index contributed by atoms with van der Waals surface area (Å²) in [4.78, 5) is 0. The van der Waals surface area contributed by atoms with Crippen molar-refractivity contribution in [1.29, 1.82) is 0 Å². The molecule has 0 heteroatoms. The lowest BCUT2D eigenvalue weighted by atomic mass is 10.1. The van der Waals surface area contributed by atoms with Crippen LogP contribution in [0.2, 0.25) is 0 Å². The third-order valence-electron chi connectivity index (χ3n) is 1.25. The highest BCUT2D eigenvalue weighted by Crippen LogP contribution is 2.01. The van der Waals surface area contributed by atoms with E-state index in [-0.39, 0.29) is 0 Å². The van der Waals surface area contributed by atoms with Crippen molar-refractivity contribution >= 4 is 0 Å². The van der Waals surface area contributed by atoms with Gasteiger partial charge >= 0.3 is 0 Å². The highest BCUT2D eigenvalue weighted by molar-refractivity contribution is 4.61. The zero-order valence-corrected chi connectivity index (χ0v) is 6.11. The maximum absolute atomic E-state index is 2.39. The van der Waals surface area contributed by atoms with Gasteiger partial charge in [-0.15, -0.1) is 0 Å². The highest BCUT2D eigenvalue weighted by Gasteiger charge is 1.83. The van der Waals surface area contributed by atoms with E-state index in [2.05, 4.69) is 20.3 Å². The lowest BCUT2D eigenvalue weighted by molar-refractivity contribution is 0.737. The second-order valence-electron chi connectivity index (χ2n) is 2.22. The molecule has 0 aromatic heterocycles. The smallest absolute Gasteiger partial charge is 0.0386 e. The van der Waals surface area contributed by atoms with Crippen molar-refractivity contribution in [3.05, 3.63) is 6.42 Å². The fourth-order valence-corrected chi connectivity index (χ4v) is 0.697. The molecule has 0 bridgehead atoms. The maximum atomic E-state index is 2.39. The first-order chi connectivity index (χ1) is 3.91. The van der Waals surface area contributed by atoms with Crippen LogP contribution in [0.4, 0.5) is 0 Å². The molecular weight excluding hydrogens is 96.1 g/mol. The highest BCUT2D eigenvalue weighted by atomic mass is 13.9. The van der Waals surface area contributed by atoms with Crippen LogP contribution in [0, 0.1) is 6.42 Å². The summed E-state index contributed by atoms with van der Waals surface area (Å²) in [5.74, 6) is 0. The predicted molar refractivity (Wildman–Crippen MR) is 38.7 cm³/mol. The molecule has 0 unspecified atom stereocenters. The maximum Gasteiger partial charge on any atom is -0.0386 e. The average Bonchev–Trinajstić information content (AvgIpc) is 1.81. The van der Waals surface area contributed by atoms with Gasteiger partial charge in [0.15, 0.2) is 0 Å². The van der Waals surface area contributed by atoms with E-state index in [1.165, 1.54) is 32.1 Å². The Morgan fingerprint density at radius 3 is 2.25 bits per heavy atom. The molecule has 0 aliphatic rings. The first-order valence-corrected chi connectivity index (χ1v) is 3.73. The zero-order chi connectivity index (χ0) is 6.24. The molecule has 49 valence electrons. The van der Waals surface area contributed by atoms with Crippen LogP contribution in [0.3, 0.4) is 0 Å². The van der Waals surface area contributed by atoms with Gasteiger partial charge in [-0.2, -0.15) is 0 Å². The van der Waals surface area contributed by atoms with E-state index < -0.39 is 0 Å². The van der Waals surface area contributed by atoms with Crippen molar-refractivity contribution < 1.29 is 0 Å². The molecule has 0 nitrogen and oxygen atoms in total. The molecule has 1 radical (unpaired) electrons. The Hall–Kier alpha value is 0. The van der Waals surface area contributed by atoms with Crippen LogP contribution in [-0.2, 0) is 0 Å². The van der Waals surface area contributed by atoms with Crippen molar-refractivity contribution in [2.45, 2.75) is 46.0 Å². The number of rotatable bonds is 5. The quantitative estimate of drug-likeness (QED) is 0.480. The lowest BCUT2D eigenvalue weighted by Gasteiger charge is -1.93. The van der Waals surface area contributed by atoms with Crippen LogP contribution >= 0.6 is 0 Å². The van der Waals surface area contributed by atoms with E-state index in [1.54, 1.807) is 0 Å². The summed E-state index contributed by atoms with van der Waals surface area (Å²) in [7, 11) is 0. The third kappa shape index (κ3) is 6.00. The van der Waals surface area contributed by atoms with Gasteiger partial charge in [0.05, 0.1) is 0 Å². The largest absolute Gasteiger partial charge is 0.0654 e. The zero-order valence-electron chi connectivity index (χ0n) is 6.11. The monoisotopic (exact) mass is 113 g/mol. The van der Waals surface area contributed by atoms with Crippen molar-refractivity contribution in [3.8, 4) is 0 Å². The predicted octanol–water partition coefficient (Wildman–Crippen LogP) is 3.18. The van der Waals surface area contributed by atoms with Crippen molar-refractivity contribution in [3.63, 3.8) is 0 Å². The molecule has 8 heavy (non-hydrogen) atoms. The topological polar surface area (TPSA) is 0 Å². The third-order valence-corrected chi connectivity index (χ3v) is 1.25. The fraction of sp³-hybridized carbons (Fsp3) is 0.875. The molecule has 0 atom stereocenters. The molecule has 0 fully saturated rings. The SMILES string of the molecule is CCC[CH]CCCC. The van der Waals surface area contributed by atoms with Gasteiger partial charge in [-0.25, -0.2) is 0 Å². The molecule has 0 amide bonds. The van der Waals surface area contributed by atoms with Gasteiger partial charge in [-0.05, 0) is 6.42 Å². The summed E-state index contributed by atoms with van der Waals surface area (Å²) in [5, 5.41) is 0. The van der Waals surface area contributed by atoms with Gasteiger partial charge in [0.25, 0.3) is 0 Å². The summed E-state index contributed by atoms with van der Waals surface area (Å²) >= 11 is 0. The number of hydrogen-bond donors (Lipinski definition) is 0. The Morgan fingerprint density at radius 2 is 1.75 bits per heavy atom. The summed E-state index contributed by atoms with van der Waals surface area (Å²) < 4.78 is 0. The van der Waals surface area contributed by atoms with Crippen LogP contribution in [0.25, 0.3) is 0 Å². The first-order valence-electron chi connectivity index (χ1n) is 3.73. The normalized spacial score (nSPS) is 9.75. The van der Waals surface area contributed by atoms with Gasteiger partial charge in [-0.1, -0.05) is 46.0 Å². The number of unbranched alkanes of at least 4 members (excludes halogenated alkanes) is 5. The molecule has 0 aliphatic carbocycles. The average molecular weight is 113 g/mol. The Labute approximate surface area is 53.3 Å². The van der Waals surface area contributed by atoms with Gasteiger partial charge in [0.2, 0.25) is 0 Å². The Bertz CT molecular complexity index is 25.0. The second kappa shape index (κ2) is 7.00. The molecule has 0 saturated heterocycles. The van der Waals surface area contributed by atoms with Gasteiger partial charge < -0.3 is 0 Å². The summed E-state index contributed by atoms with van der Waals surface area (Å²) in [5.41, 5.74) is 0. The van der Waals surface area contributed by atoms with E-state index >= 15 is 0 Å². The summed E-state index contributed by atoms with van der Waals surface area (Å²) in [6, 6.07) is 0. The van der Waals surface area contributed by atoms with Crippen LogP contribution in [0.1, 0.15) is 46.0 Å². The van der Waals surface area contributed by atoms with Gasteiger partial charge in [-0.3, -0.25) is 0 Å². The summed E-state index contributed by atoms with van der Waals surface area (Å²) in [6.07, 6.45) is 9.04. The Kier molecular flexibility index (Phi) is 7.00. The molecule has 0 rings (SSSR count). The van der Waals surface area contributed by atoms with E-state index in [4.69, 9.17) is 0 Å². The minimum Gasteiger partial charge on any atom is -0.0654 e. The molecular formula is C8H17. The minimum atomic E-state index is 1.31. The van der Waals surface area contributed by atoms with Crippen molar-refractivity contribution in [2.24, 2.45) is 0 Å². The molecule has 0 spiro atoms. The standard InChI is InChI=1S/C8H17/c1-3-5-7-8-6-4-2/h7H,3-6,8H2,1-2H3. The minimum absolute atomic E-state index is 1.31. The molecule has 0 aromatic rings. The molecule has 0 N–H and O–H groups in total. The van der Waals surface area contributed by atoms with E-state index in [0.29, 0.717) is 0 Å². The molecule has 0 aromatic carbocycles. The number of hydrogen-bond acceptors (Lipinski definition) is 0. The van der Waals surface area contributed by atoms with E-state index in [1.807, 2.05) is 0 Å². The van der Waals surface area contributed by atoms with Crippen molar-refractivity contribution in [2.75, 3.05) is 0 Å². The van der Waals surface area contributed by atoms with Crippen LogP contribution < -0.4 is 0 Å². The van der Waals surface area contributed by atoms with Gasteiger partial charge in [0, 0.05) is 0 Å². The fourth-order valence-electron chi connectivity index (χ4n) is 0.697.